The second kappa shape index (κ2) is 6.23. The molecule has 0 fully saturated rings. The molecule has 1 aromatic rings. The van der Waals surface area contributed by atoms with Gasteiger partial charge < -0.3 is 10.6 Å². The Bertz CT molecular complexity index is 354. The van der Waals surface area contributed by atoms with E-state index in [4.69, 9.17) is 17.3 Å². The number of rotatable bonds is 5. The van der Waals surface area contributed by atoms with Crippen LogP contribution in [0.2, 0.25) is 4.34 Å². The van der Waals surface area contributed by atoms with Gasteiger partial charge in [0.1, 0.15) is 0 Å². The highest BCUT2D eigenvalue weighted by molar-refractivity contribution is 7.16. The lowest BCUT2D eigenvalue weighted by atomic mass is 10.1. The zero-order valence-electron chi connectivity index (χ0n) is 9.57. The van der Waals surface area contributed by atoms with Crippen LogP contribution in [0.3, 0.4) is 0 Å². The molecule has 0 saturated heterocycles. The number of hydrogen-bond donors (Lipinski definition) is 1. The second-order valence-electron chi connectivity index (χ2n) is 3.85. The molecule has 5 heteroatoms. The van der Waals surface area contributed by atoms with Gasteiger partial charge in [-0.05, 0) is 18.6 Å². The highest BCUT2D eigenvalue weighted by Crippen LogP contribution is 2.21. The van der Waals surface area contributed by atoms with Gasteiger partial charge in [0.05, 0.1) is 4.34 Å². The molecule has 1 rings (SSSR count). The van der Waals surface area contributed by atoms with Crippen LogP contribution in [0.15, 0.2) is 12.1 Å². The average Bonchev–Trinajstić information content (AvgIpc) is 2.69. The minimum Gasteiger partial charge on any atom is -0.345 e. The molecule has 0 spiro atoms. The summed E-state index contributed by atoms with van der Waals surface area (Å²) in [4.78, 5) is 14.7. The second-order valence-corrected chi connectivity index (χ2v) is 5.65. The van der Waals surface area contributed by atoms with Crippen LogP contribution in [0, 0.1) is 5.92 Å². The van der Waals surface area contributed by atoms with Crippen LogP contribution in [-0.2, 0) is 11.2 Å². The zero-order valence-corrected chi connectivity index (χ0v) is 11.1. The van der Waals surface area contributed by atoms with Gasteiger partial charge in [-0.2, -0.15) is 0 Å². The van der Waals surface area contributed by atoms with Crippen LogP contribution >= 0.6 is 22.9 Å². The van der Waals surface area contributed by atoms with E-state index in [-0.39, 0.29) is 11.8 Å². The largest absolute Gasteiger partial charge is 0.345 e. The van der Waals surface area contributed by atoms with Crippen LogP contribution in [0.5, 0.6) is 0 Å². The van der Waals surface area contributed by atoms with Crippen LogP contribution in [0.25, 0.3) is 0 Å². The van der Waals surface area contributed by atoms with E-state index in [1.54, 1.807) is 16.2 Å². The van der Waals surface area contributed by atoms with Crippen molar-refractivity contribution in [3.63, 3.8) is 0 Å². The van der Waals surface area contributed by atoms with Crippen LogP contribution in [0.4, 0.5) is 0 Å². The number of nitrogens with zero attached hydrogens (tertiary/aromatic N) is 1. The molecule has 1 aromatic heterocycles. The van der Waals surface area contributed by atoms with Gasteiger partial charge in [-0.25, -0.2) is 0 Å². The molecular formula is C11H17ClN2OS. The molecule has 0 saturated carbocycles. The van der Waals surface area contributed by atoms with E-state index in [1.165, 1.54) is 4.88 Å². The minimum atomic E-state index is -0.100. The fourth-order valence-corrected chi connectivity index (χ4v) is 2.43. The van der Waals surface area contributed by atoms with Crippen LogP contribution in [-0.4, -0.2) is 30.9 Å². The van der Waals surface area contributed by atoms with E-state index >= 15 is 0 Å². The minimum absolute atomic E-state index is 0.100. The monoisotopic (exact) mass is 260 g/mol. The summed E-state index contributed by atoms with van der Waals surface area (Å²) >= 11 is 7.39. The molecular weight excluding hydrogens is 244 g/mol. The van der Waals surface area contributed by atoms with Gasteiger partial charge in [0.2, 0.25) is 5.91 Å². The van der Waals surface area contributed by atoms with Crippen molar-refractivity contribution in [1.82, 2.24) is 4.90 Å². The molecule has 0 aliphatic carbocycles. The lowest BCUT2D eigenvalue weighted by Crippen LogP contribution is -2.36. The predicted octanol–water partition coefficient (Wildman–Crippen LogP) is 2.00. The Morgan fingerprint density at radius 1 is 1.62 bits per heavy atom. The fourth-order valence-electron chi connectivity index (χ4n) is 1.35. The number of amides is 1. The molecule has 0 bridgehead atoms. The molecule has 0 aliphatic rings. The summed E-state index contributed by atoms with van der Waals surface area (Å²) in [6, 6.07) is 3.88. The average molecular weight is 261 g/mol. The predicted molar refractivity (Wildman–Crippen MR) is 68.9 cm³/mol. The van der Waals surface area contributed by atoms with Crippen molar-refractivity contribution in [3.05, 3.63) is 21.3 Å². The summed E-state index contributed by atoms with van der Waals surface area (Å²) in [5, 5.41) is 0. The van der Waals surface area contributed by atoms with Gasteiger partial charge in [0, 0.05) is 30.9 Å². The number of halogens is 1. The number of carbonyl (C=O) groups is 1. The molecule has 1 atom stereocenters. The fraction of sp³-hybridized carbons (Fsp3) is 0.545. The third-order valence-electron chi connectivity index (χ3n) is 2.47. The van der Waals surface area contributed by atoms with Crippen molar-refractivity contribution >= 4 is 28.8 Å². The standard InChI is InChI=1S/C11H17ClN2OS/c1-8(7-13)11(15)14(2)6-5-9-3-4-10(12)16-9/h3-4,8H,5-7,13H2,1-2H3. The molecule has 1 heterocycles. The third kappa shape index (κ3) is 3.77. The third-order valence-corrected chi connectivity index (χ3v) is 3.76. The van der Waals surface area contributed by atoms with Gasteiger partial charge in [0.25, 0.3) is 0 Å². The van der Waals surface area contributed by atoms with Crippen molar-refractivity contribution in [1.29, 1.82) is 0 Å². The molecule has 16 heavy (non-hydrogen) atoms. The molecule has 1 unspecified atom stereocenters. The Balaban J connectivity index is 2.40. The normalized spacial score (nSPS) is 12.5. The van der Waals surface area contributed by atoms with Gasteiger partial charge in [-0.15, -0.1) is 11.3 Å². The van der Waals surface area contributed by atoms with E-state index in [0.717, 1.165) is 10.8 Å². The lowest BCUT2D eigenvalue weighted by Gasteiger charge is -2.20. The SMILES string of the molecule is CC(CN)C(=O)N(C)CCc1ccc(Cl)s1. The quantitative estimate of drug-likeness (QED) is 0.880. The first-order chi connectivity index (χ1) is 7.54. The maximum absolute atomic E-state index is 11.7. The topological polar surface area (TPSA) is 46.3 Å². The first kappa shape index (κ1) is 13.5. The van der Waals surface area contributed by atoms with Crippen LogP contribution < -0.4 is 5.73 Å². The van der Waals surface area contributed by atoms with E-state index < -0.39 is 0 Å². The van der Waals surface area contributed by atoms with E-state index in [1.807, 2.05) is 26.1 Å². The van der Waals surface area contributed by atoms with Crippen molar-refractivity contribution < 1.29 is 4.79 Å². The number of hydrogen-bond acceptors (Lipinski definition) is 3. The van der Waals surface area contributed by atoms with E-state index in [9.17, 15) is 4.79 Å². The molecule has 0 aromatic carbocycles. The Labute approximate surface area is 105 Å². The maximum Gasteiger partial charge on any atom is 0.226 e. The lowest BCUT2D eigenvalue weighted by molar-refractivity contribution is -0.133. The molecule has 0 aliphatic heterocycles. The van der Waals surface area contributed by atoms with Gasteiger partial charge in [0.15, 0.2) is 0 Å². The highest BCUT2D eigenvalue weighted by atomic mass is 35.5. The summed E-state index contributed by atoms with van der Waals surface area (Å²) in [6.45, 7) is 2.95. The Hall–Kier alpha value is -0.580. The van der Waals surface area contributed by atoms with Gasteiger partial charge >= 0.3 is 0 Å². The number of carbonyl (C=O) groups excluding carboxylic acids is 1. The number of likely N-dealkylation sites (N-methyl/N-ethyl adjacent to an activating group) is 1. The summed E-state index contributed by atoms with van der Waals surface area (Å²) in [5.74, 6) is 0.00192. The summed E-state index contributed by atoms with van der Waals surface area (Å²) < 4.78 is 0.791. The van der Waals surface area contributed by atoms with Crippen LogP contribution in [0.1, 0.15) is 11.8 Å². The smallest absolute Gasteiger partial charge is 0.226 e. The van der Waals surface area contributed by atoms with Crippen molar-refractivity contribution in [2.24, 2.45) is 11.7 Å². The first-order valence-corrected chi connectivity index (χ1v) is 6.43. The number of thiophene rings is 1. The Kier molecular flexibility index (Phi) is 5.25. The van der Waals surface area contributed by atoms with E-state index in [2.05, 4.69) is 0 Å². The summed E-state index contributed by atoms with van der Waals surface area (Å²) in [7, 11) is 1.81. The Morgan fingerprint density at radius 3 is 2.81 bits per heavy atom. The molecule has 1 amide bonds. The van der Waals surface area contributed by atoms with Crippen molar-refractivity contribution in [2.45, 2.75) is 13.3 Å². The maximum atomic E-state index is 11.7. The molecule has 2 N–H and O–H groups in total. The van der Waals surface area contributed by atoms with Crippen molar-refractivity contribution in [2.75, 3.05) is 20.1 Å². The summed E-state index contributed by atoms with van der Waals surface area (Å²) in [5.41, 5.74) is 5.46. The van der Waals surface area contributed by atoms with E-state index in [0.29, 0.717) is 13.1 Å². The summed E-state index contributed by atoms with van der Waals surface area (Å²) in [6.07, 6.45) is 0.844. The highest BCUT2D eigenvalue weighted by Gasteiger charge is 2.15. The molecule has 0 radical (unpaired) electrons. The molecule has 90 valence electrons. The Morgan fingerprint density at radius 2 is 2.31 bits per heavy atom. The number of nitrogens with two attached hydrogens (primary N) is 1. The van der Waals surface area contributed by atoms with Crippen molar-refractivity contribution in [3.8, 4) is 0 Å². The van der Waals surface area contributed by atoms with Gasteiger partial charge in [-0.3, -0.25) is 4.79 Å². The van der Waals surface area contributed by atoms with Gasteiger partial charge in [-0.1, -0.05) is 18.5 Å². The first-order valence-electron chi connectivity index (χ1n) is 5.24. The molecule has 3 nitrogen and oxygen atoms in total. The zero-order chi connectivity index (χ0) is 12.1.